The lowest BCUT2D eigenvalue weighted by Crippen LogP contribution is -2.03. The van der Waals surface area contributed by atoms with Crippen LogP contribution in [0.4, 0.5) is 10.8 Å². The number of nitrogen functional groups attached to an aromatic ring is 1. The summed E-state index contributed by atoms with van der Waals surface area (Å²) in [4.78, 5) is 0. The molecule has 0 atom stereocenters. The Balaban J connectivity index is 2.62. The molecule has 0 aliphatic rings. The molecule has 0 aliphatic heterocycles. The number of hydrogen-bond donors (Lipinski definition) is 2. The lowest BCUT2D eigenvalue weighted by Gasteiger charge is -2.00. The Morgan fingerprint density at radius 2 is 2.54 bits per heavy atom. The highest BCUT2D eigenvalue weighted by Crippen LogP contribution is 2.25. The molecule has 0 aliphatic carbocycles. The average molecular weight is 214 g/mol. The summed E-state index contributed by atoms with van der Waals surface area (Å²) in [5.41, 5.74) is 5.95. The highest BCUT2D eigenvalue weighted by molar-refractivity contribution is 7.98. The molecular weight excluding hydrogens is 204 g/mol. The van der Waals surface area contributed by atoms with E-state index in [2.05, 4.69) is 9.69 Å². The van der Waals surface area contributed by atoms with E-state index < -0.39 is 0 Å². The summed E-state index contributed by atoms with van der Waals surface area (Å²) >= 11 is 2.98. The zero-order valence-electron chi connectivity index (χ0n) is 7.20. The number of hydrogen-bond acceptors (Lipinski definition) is 6. The number of anilines is 2. The van der Waals surface area contributed by atoms with Crippen molar-refractivity contribution in [1.82, 2.24) is 4.37 Å². The highest BCUT2D eigenvalue weighted by atomic mass is 32.2. The van der Waals surface area contributed by atoms with Gasteiger partial charge in [-0.3, -0.25) is 0 Å². The molecule has 70 valence electrons. The van der Waals surface area contributed by atoms with Crippen LogP contribution in [-0.2, 0) is 0 Å². The van der Waals surface area contributed by atoms with E-state index in [1.54, 1.807) is 11.8 Å². The SMILES string of the molecule is CSCCNc1snc(N)c1C#N. The molecule has 1 heterocycles. The molecule has 0 unspecified atom stereocenters. The minimum Gasteiger partial charge on any atom is -0.382 e. The van der Waals surface area contributed by atoms with Crippen LogP contribution in [0.3, 0.4) is 0 Å². The first-order chi connectivity index (χ1) is 6.29. The van der Waals surface area contributed by atoms with Crippen molar-refractivity contribution in [1.29, 1.82) is 5.26 Å². The Kier molecular flexibility index (Phi) is 3.86. The third-order valence-electron chi connectivity index (χ3n) is 1.42. The van der Waals surface area contributed by atoms with Crippen molar-refractivity contribution in [2.45, 2.75) is 0 Å². The summed E-state index contributed by atoms with van der Waals surface area (Å²) < 4.78 is 3.89. The predicted octanol–water partition coefficient (Wildman–Crippen LogP) is 1.37. The molecule has 0 fully saturated rings. The Bertz CT molecular complexity index is 315. The zero-order valence-corrected chi connectivity index (χ0v) is 8.84. The van der Waals surface area contributed by atoms with Crippen LogP contribution in [0.5, 0.6) is 0 Å². The molecule has 13 heavy (non-hydrogen) atoms. The van der Waals surface area contributed by atoms with Gasteiger partial charge in [-0.15, -0.1) is 0 Å². The Hall–Kier alpha value is -0.930. The van der Waals surface area contributed by atoms with Crippen LogP contribution in [0.2, 0.25) is 0 Å². The smallest absolute Gasteiger partial charge is 0.157 e. The number of nitriles is 1. The third-order valence-corrected chi connectivity index (χ3v) is 2.85. The van der Waals surface area contributed by atoms with E-state index in [0.717, 1.165) is 17.3 Å². The molecule has 1 rings (SSSR count). The predicted molar refractivity (Wildman–Crippen MR) is 58.1 cm³/mol. The zero-order chi connectivity index (χ0) is 9.68. The van der Waals surface area contributed by atoms with Gasteiger partial charge in [-0.2, -0.15) is 21.4 Å². The van der Waals surface area contributed by atoms with Gasteiger partial charge in [0.05, 0.1) is 0 Å². The van der Waals surface area contributed by atoms with E-state index in [0.29, 0.717) is 11.4 Å². The average Bonchev–Trinajstić information content (AvgIpc) is 2.47. The topological polar surface area (TPSA) is 74.7 Å². The lowest BCUT2D eigenvalue weighted by molar-refractivity contribution is 1.24. The van der Waals surface area contributed by atoms with Crippen LogP contribution in [0.1, 0.15) is 5.56 Å². The Labute approximate surface area is 85.3 Å². The van der Waals surface area contributed by atoms with E-state index in [9.17, 15) is 0 Å². The van der Waals surface area contributed by atoms with Gasteiger partial charge in [-0.25, -0.2) is 0 Å². The fraction of sp³-hybridized carbons (Fsp3) is 0.429. The van der Waals surface area contributed by atoms with Crippen molar-refractivity contribution < 1.29 is 0 Å². The molecule has 3 N–H and O–H groups in total. The maximum absolute atomic E-state index is 8.74. The molecule has 0 amide bonds. The van der Waals surface area contributed by atoms with Crippen LogP contribution < -0.4 is 11.1 Å². The number of thioether (sulfide) groups is 1. The molecule has 1 aromatic heterocycles. The first kappa shape index (κ1) is 10.2. The lowest BCUT2D eigenvalue weighted by atomic mass is 10.3. The third kappa shape index (κ3) is 2.50. The van der Waals surface area contributed by atoms with Crippen LogP contribution in [0.15, 0.2) is 0 Å². The maximum Gasteiger partial charge on any atom is 0.157 e. The van der Waals surface area contributed by atoms with Crippen molar-refractivity contribution in [3.8, 4) is 6.07 Å². The molecule has 0 aromatic carbocycles. The van der Waals surface area contributed by atoms with Gasteiger partial charge in [0, 0.05) is 12.3 Å². The molecule has 0 spiro atoms. The van der Waals surface area contributed by atoms with Crippen LogP contribution in [0.25, 0.3) is 0 Å². The van der Waals surface area contributed by atoms with Gasteiger partial charge < -0.3 is 11.1 Å². The fourth-order valence-corrected chi connectivity index (χ4v) is 1.79. The summed E-state index contributed by atoms with van der Waals surface area (Å²) in [6.07, 6.45) is 2.04. The van der Waals surface area contributed by atoms with Crippen molar-refractivity contribution in [3.63, 3.8) is 0 Å². The molecular formula is C7H10N4S2. The maximum atomic E-state index is 8.74. The van der Waals surface area contributed by atoms with Crippen molar-refractivity contribution in [2.24, 2.45) is 0 Å². The molecule has 0 radical (unpaired) electrons. The molecule has 0 bridgehead atoms. The minimum absolute atomic E-state index is 0.319. The van der Waals surface area contributed by atoms with Gasteiger partial charge in [0.1, 0.15) is 16.6 Å². The van der Waals surface area contributed by atoms with Gasteiger partial charge in [0.15, 0.2) is 5.82 Å². The summed E-state index contributed by atoms with van der Waals surface area (Å²) in [5.74, 6) is 1.32. The van der Waals surface area contributed by atoms with E-state index in [-0.39, 0.29) is 0 Å². The largest absolute Gasteiger partial charge is 0.382 e. The molecule has 6 heteroatoms. The van der Waals surface area contributed by atoms with Gasteiger partial charge in [0.25, 0.3) is 0 Å². The van der Waals surface area contributed by atoms with E-state index >= 15 is 0 Å². The second-order valence-corrected chi connectivity index (χ2v) is 4.06. The normalized spacial score (nSPS) is 9.54. The second kappa shape index (κ2) is 4.94. The van der Waals surface area contributed by atoms with Crippen molar-refractivity contribution in [2.75, 3.05) is 29.6 Å². The van der Waals surface area contributed by atoms with Gasteiger partial charge in [0.2, 0.25) is 0 Å². The number of nitrogens with two attached hydrogens (primary N) is 1. The monoisotopic (exact) mass is 214 g/mol. The number of nitrogens with zero attached hydrogens (tertiary/aromatic N) is 2. The van der Waals surface area contributed by atoms with E-state index in [4.69, 9.17) is 11.0 Å². The van der Waals surface area contributed by atoms with Gasteiger partial charge in [-0.05, 0) is 17.8 Å². The van der Waals surface area contributed by atoms with Crippen LogP contribution >= 0.6 is 23.3 Å². The second-order valence-electron chi connectivity index (χ2n) is 2.30. The minimum atomic E-state index is 0.319. The van der Waals surface area contributed by atoms with Crippen molar-refractivity contribution in [3.05, 3.63) is 5.56 Å². The fourth-order valence-electron chi connectivity index (χ4n) is 0.798. The van der Waals surface area contributed by atoms with Gasteiger partial charge >= 0.3 is 0 Å². The van der Waals surface area contributed by atoms with E-state index in [1.807, 2.05) is 12.3 Å². The summed E-state index contributed by atoms with van der Waals surface area (Å²) in [7, 11) is 0. The van der Waals surface area contributed by atoms with E-state index in [1.165, 1.54) is 11.5 Å². The summed E-state index contributed by atoms with van der Waals surface area (Å²) in [6.45, 7) is 0.831. The van der Waals surface area contributed by atoms with Crippen molar-refractivity contribution >= 4 is 34.1 Å². The molecule has 4 nitrogen and oxygen atoms in total. The van der Waals surface area contributed by atoms with Gasteiger partial charge in [-0.1, -0.05) is 0 Å². The Morgan fingerprint density at radius 1 is 1.77 bits per heavy atom. The number of rotatable bonds is 4. The first-order valence-electron chi connectivity index (χ1n) is 3.67. The first-order valence-corrected chi connectivity index (χ1v) is 5.84. The summed E-state index contributed by atoms with van der Waals surface area (Å²) in [6, 6.07) is 2.02. The molecule has 0 saturated carbocycles. The number of nitrogens with one attached hydrogen (secondary N) is 1. The Morgan fingerprint density at radius 3 is 3.15 bits per heavy atom. The summed E-state index contributed by atoms with van der Waals surface area (Å²) in [5, 5.41) is 12.6. The van der Waals surface area contributed by atoms with Crippen LogP contribution in [-0.4, -0.2) is 22.9 Å². The highest BCUT2D eigenvalue weighted by Gasteiger charge is 2.09. The molecule has 0 saturated heterocycles. The molecule has 1 aromatic rings. The van der Waals surface area contributed by atoms with Crippen LogP contribution in [0, 0.1) is 11.3 Å². The standard InChI is InChI=1S/C7H10N4S2/c1-12-3-2-10-7-5(4-8)6(9)11-13-7/h10H,2-3H2,1H3,(H2,9,11). The number of aromatic nitrogens is 1. The quantitative estimate of drug-likeness (QED) is 0.740.